The zero-order valence-electron chi connectivity index (χ0n) is 16.8. The molecule has 1 saturated heterocycles. The minimum atomic E-state index is -1.32. The average molecular weight is 430 g/mol. The highest BCUT2D eigenvalue weighted by molar-refractivity contribution is 5.93. The average Bonchev–Trinajstić information content (AvgIpc) is 3.30. The lowest BCUT2D eigenvalue weighted by Crippen LogP contribution is -2.39. The first-order valence-electron chi connectivity index (χ1n) is 9.86. The summed E-state index contributed by atoms with van der Waals surface area (Å²) >= 11 is 0. The molecule has 10 heteroatoms. The van der Waals surface area contributed by atoms with Crippen molar-refractivity contribution in [2.24, 2.45) is 0 Å². The first-order chi connectivity index (χ1) is 14.8. The van der Waals surface area contributed by atoms with E-state index in [2.05, 4.69) is 15.4 Å². The van der Waals surface area contributed by atoms with Gasteiger partial charge >= 0.3 is 0 Å². The molecule has 0 spiro atoms. The molecule has 1 fully saturated rings. The summed E-state index contributed by atoms with van der Waals surface area (Å²) in [5, 5.41) is 37.0. The van der Waals surface area contributed by atoms with Gasteiger partial charge in [0.15, 0.2) is 5.82 Å². The molecular weight excluding hydrogens is 407 g/mol. The van der Waals surface area contributed by atoms with Crippen LogP contribution in [0.5, 0.6) is 0 Å². The second-order valence-electron chi connectivity index (χ2n) is 7.68. The fourth-order valence-electron chi connectivity index (χ4n) is 3.85. The van der Waals surface area contributed by atoms with Gasteiger partial charge in [-0.1, -0.05) is 12.1 Å². The normalized spacial score (nSPS) is 25.8. The van der Waals surface area contributed by atoms with Crippen molar-refractivity contribution in [1.82, 2.24) is 14.6 Å². The molecule has 0 unspecified atom stereocenters. The van der Waals surface area contributed by atoms with Crippen LogP contribution in [0.1, 0.15) is 24.6 Å². The van der Waals surface area contributed by atoms with Crippen LogP contribution in [0.15, 0.2) is 42.7 Å². The second kappa shape index (κ2) is 8.31. The number of carbonyl (C=O) groups is 1. The summed E-state index contributed by atoms with van der Waals surface area (Å²) in [5.74, 6) is -0.323. The Morgan fingerprint density at radius 3 is 2.68 bits per heavy atom. The molecule has 2 aromatic heterocycles. The number of anilines is 1. The van der Waals surface area contributed by atoms with Crippen LogP contribution in [0.4, 0.5) is 10.2 Å². The molecule has 4 rings (SSSR count). The number of nitrogens with zero attached hydrogens (tertiary/aromatic N) is 3. The molecule has 9 nitrogen and oxygen atoms in total. The monoisotopic (exact) mass is 430 g/mol. The maximum Gasteiger partial charge on any atom is 0.225 e. The molecule has 164 valence electrons. The van der Waals surface area contributed by atoms with Crippen molar-refractivity contribution >= 4 is 17.2 Å². The molecule has 0 saturated carbocycles. The van der Waals surface area contributed by atoms with Crippen LogP contribution in [0, 0.1) is 5.82 Å². The second-order valence-corrected chi connectivity index (χ2v) is 7.68. The van der Waals surface area contributed by atoms with E-state index in [9.17, 15) is 24.5 Å². The van der Waals surface area contributed by atoms with Crippen LogP contribution < -0.4 is 5.32 Å². The first-order valence-corrected chi connectivity index (χ1v) is 9.86. The van der Waals surface area contributed by atoms with Crippen LogP contribution in [0.2, 0.25) is 0 Å². The van der Waals surface area contributed by atoms with Gasteiger partial charge in [0.25, 0.3) is 0 Å². The minimum absolute atomic E-state index is 0.180. The van der Waals surface area contributed by atoms with Gasteiger partial charge in [-0.15, -0.1) is 0 Å². The Kier molecular flexibility index (Phi) is 5.71. The van der Waals surface area contributed by atoms with Crippen molar-refractivity contribution in [3.63, 3.8) is 0 Å². The van der Waals surface area contributed by atoms with Gasteiger partial charge in [0, 0.05) is 6.42 Å². The number of aliphatic hydroxyl groups excluding tert-OH is 3. The third-order valence-electron chi connectivity index (χ3n) is 5.62. The Labute approximate surface area is 177 Å². The zero-order chi connectivity index (χ0) is 22.2. The summed E-state index contributed by atoms with van der Waals surface area (Å²) < 4.78 is 20.2. The molecule has 4 atom stereocenters. The van der Waals surface area contributed by atoms with Crippen LogP contribution in [-0.2, 0) is 21.6 Å². The van der Waals surface area contributed by atoms with Crippen molar-refractivity contribution in [3.8, 4) is 0 Å². The third kappa shape index (κ3) is 3.90. The van der Waals surface area contributed by atoms with E-state index in [4.69, 9.17) is 4.74 Å². The van der Waals surface area contributed by atoms with Crippen LogP contribution in [0.3, 0.4) is 0 Å². The number of fused-ring (bicyclic) bond motifs is 1. The predicted molar refractivity (Wildman–Crippen MR) is 108 cm³/mol. The Balaban J connectivity index is 1.54. The maximum atomic E-state index is 13.0. The number of aliphatic hydroxyl groups is 3. The summed E-state index contributed by atoms with van der Waals surface area (Å²) in [5.41, 5.74) is 0.435. The lowest BCUT2D eigenvalue weighted by atomic mass is 9.93. The summed E-state index contributed by atoms with van der Waals surface area (Å²) in [7, 11) is 0. The van der Waals surface area contributed by atoms with Gasteiger partial charge in [-0.3, -0.25) is 4.79 Å². The number of halogens is 1. The number of ether oxygens (including phenoxy) is 1. The quantitative estimate of drug-likeness (QED) is 0.455. The fourth-order valence-corrected chi connectivity index (χ4v) is 3.85. The van der Waals surface area contributed by atoms with Crippen LogP contribution in [0.25, 0.3) is 5.52 Å². The maximum absolute atomic E-state index is 13.0. The molecule has 3 heterocycles. The standard InChI is InChI=1S/C21H23FN4O5/c1-21(19(30)18(29)15(10-27)31-21)16-8-7-14-20(23-11-24-26(14)16)25-17(28)9-4-12-2-5-13(22)6-3-12/h2-3,5-8,11,15,18-19,27,29-30H,4,9-10H2,1H3,(H,23,24,25,28)/t15-,18-,19-,21+/m1/s1. The van der Waals surface area contributed by atoms with Crippen molar-refractivity contribution in [1.29, 1.82) is 0 Å². The topological polar surface area (TPSA) is 129 Å². The first kappa shape index (κ1) is 21.3. The van der Waals surface area contributed by atoms with E-state index in [0.29, 0.717) is 17.6 Å². The fraction of sp³-hybridized carbons (Fsp3) is 0.381. The van der Waals surface area contributed by atoms with Gasteiger partial charge in [0.2, 0.25) is 5.91 Å². The van der Waals surface area contributed by atoms with Gasteiger partial charge in [0.1, 0.15) is 41.6 Å². The molecule has 0 bridgehead atoms. The number of nitrogens with one attached hydrogen (secondary N) is 1. The number of rotatable bonds is 6. The van der Waals surface area contributed by atoms with E-state index < -0.39 is 30.5 Å². The van der Waals surface area contributed by atoms with Gasteiger partial charge in [-0.2, -0.15) is 5.10 Å². The lowest BCUT2D eigenvalue weighted by molar-refractivity contribution is -0.116. The highest BCUT2D eigenvalue weighted by Gasteiger charge is 2.53. The number of amides is 1. The molecule has 0 radical (unpaired) electrons. The number of hydrogen-bond donors (Lipinski definition) is 4. The minimum Gasteiger partial charge on any atom is -0.394 e. The summed E-state index contributed by atoms with van der Waals surface area (Å²) in [6, 6.07) is 9.29. The molecule has 1 aromatic carbocycles. The summed E-state index contributed by atoms with van der Waals surface area (Å²) in [6.07, 6.45) is -1.59. The number of aromatic nitrogens is 3. The molecule has 0 aliphatic carbocycles. The van der Waals surface area contributed by atoms with Gasteiger partial charge < -0.3 is 25.4 Å². The predicted octanol–water partition coefficient (Wildman–Crippen LogP) is 0.768. The Morgan fingerprint density at radius 1 is 1.26 bits per heavy atom. The van der Waals surface area contributed by atoms with Gasteiger partial charge in [-0.05, 0) is 43.2 Å². The van der Waals surface area contributed by atoms with E-state index in [-0.39, 0.29) is 24.0 Å². The van der Waals surface area contributed by atoms with Crippen molar-refractivity contribution in [2.45, 2.75) is 43.7 Å². The number of benzene rings is 1. The van der Waals surface area contributed by atoms with Crippen molar-refractivity contribution in [2.75, 3.05) is 11.9 Å². The molecule has 3 aromatic rings. The van der Waals surface area contributed by atoms with E-state index in [1.165, 1.54) is 23.0 Å². The number of carbonyl (C=O) groups excluding carboxylic acids is 1. The smallest absolute Gasteiger partial charge is 0.225 e. The third-order valence-corrected chi connectivity index (χ3v) is 5.62. The van der Waals surface area contributed by atoms with E-state index in [1.807, 2.05) is 0 Å². The van der Waals surface area contributed by atoms with Gasteiger partial charge in [-0.25, -0.2) is 13.9 Å². The Morgan fingerprint density at radius 2 is 2.00 bits per heavy atom. The highest BCUT2D eigenvalue weighted by atomic mass is 19.1. The summed E-state index contributed by atoms with van der Waals surface area (Å²) in [4.78, 5) is 16.6. The van der Waals surface area contributed by atoms with Crippen molar-refractivity contribution < 1.29 is 29.2 Å². The zero-order valence-corrected chi connectivity index (χ0v) is 16.8. The van der Waals surface area contributed by atoms with E-state index >= 15 is 0 Å². The van der Waals surface area contributed by atoms with Crippen LogP contribution in [-0.4, -0.2) is 60.7 Å². The Bertz CT molecular complexity index is 1090. The molecule has 31 heavy (non-hydrogen) atoms. The van der Waals surface area contributed by atoms with Crippen molar-refractivity contribution in [3.05, 3.63) is 59.8 Å². The Hall–Kier alpha value is -2.92. The molecule has 1 aliphatic rings. The molecule has 1 aliphatic heterocycles. The molecule has 1 amide bonds. The van der Waals surface area contributed by atoms with Gasteiger partial charge in [0.05, 0.1) is 12.3 Å². The number of hydrogen-bond acceptors (Lipinski definition) is 7. The highest BCUT2D eigenvalue weighted by Crippen LogP contribution is 2.40. The van der Waals surface area contributed by atoms with E-state index in [1.54, 1.807) is 31.2 Å². The largest absolute Gasteiger partial charge is 0.394 e. The SMILES string of the molecule is C[C@@]1(c2ccc3c(NC(=O)CCc4ccc(F)cc4)ncnn23)O[C@H](CO)[C@@H](O)[C@H]1O. The molecule has 4 N–H and O–H groups in total. The van der Waals surface area contributed by atoms with E-state index in [0.717, 1.165) is 5.56 Å². The number of aryl methyl sites for hydroxylation is 1. The van der Waals surface area contributed by atoms with Crippen LogP contribution >= 0.6 is 0 Å². The molecular formula is C21H23FN4O5. The summed E-state index contributed by atoms with van der Waals surface area (Å²) in [6.45, 7) is 1.16. The lowest BCUT2D eigenvalue weighted by Gasteiger charge is -2.27.